The summed E-state index contributed by atoms with van der Waals surface area (Å²) in [5.74, 6) is 0.336. The first kappa shape index (κ1) is 17.1. The Morgan fingerprint density at radius 1 is 1.17 bits per heavy atom. The Morgan fingerprint density at radius 3 is 2.50 bits per heavy atom. The molecule has 1 fully saturated rings. The van der Waals surface area contributed by atoms with Crippen molar-refractivity contribution in [2.24, 2.45) is 0 Å². The van der Waals surface area contributed by atoms with Crippen LogP contribution in [0.5, 0.6) is 5.75 Å². The number of rotatable bonds is 3. The molecule has 3 rings (SSSR count). The summed E-state index contributed by atoms with van der Waals surface area (Å²) in [7, 11) is -3.46. The third kappa shape index (κ3) is 3.36. The van der Waals surface area contributed by atoms with Gasteiger partial charge in [-0.1, -0.05) is 25.0 Å². The second kappa shape index (κ2) is 7.01. The van der Waals surface area contributed by atoms with Crippen LogP contribution in [0.1, 0.15) is 32.6 Å². The highest BCUT2D eigenvalue weighted by atomic mass is 32.2. The van der Waals surface area contributed by atoms with Crippen molar-refractivity contribution in [3.8, 4) is 5.75 Å². The molecule has 6 nitrogen and oxygen atoms in total. The molecule has 0 saturated carbocycles. The molecule has 132 valence electrons. The van der Waals surface area contributed by atoms with Crippen molar-refractivity contribution in [2.45, 2.75) is 38.7 Å². The lowest BCUT2D eigenvalue weighted by Crippen LogP contribution is -2.52. The molecule has 0 N–H and O–H groups in total. The maximum absolute atomic E-state index is 12.9. The number of sulfonamides is 1. The monoisotopic (exact) mass is 352 g/mol. The zero-order valence-electron chi connectivity index (χ0n) is 14.0. The van der Waals surface area contributed by atoms with Crippen molar-refractivity contribution < 1.29 is 17.9 Å². The van der Waals surface area contributed by atoms with Crippen LogP contribution < -0.4 is 9.04 Å². The molecule has 0 spiro atoms. The van der Waals surface area contributed by atoms with E-state index in [0.717, 1.165) is 38.8 Å². The summed E-state index contributed by atoms with van der Waals surface area (Å²) in [4.78, 5) is 14.7. The van der Waals surface area contributed by atoms with Crippen LogP contribution in [-0.2, 0) is 14.8 Å². The molecule has 1 saturated heterocycles. The van der Waals surface area contributed by atoms with Gasteiger partial charge in [0, 0.05) is 13.1 Å². The van der Waals surface area contributed by atoms with Gasteiger partial charge in [0.05, 0.1) is 18.0 Å². The summed E-state index contributed by atoms with van der Waals surface area (Å²) in [6.45, 7) is 3.10. The molecule has 2 aliphatic heterocycles. The minimum absolute atomic E-state index is 0.00798. The van der Waals surface area contributed by atoms with Crippen LogP contribution in [0.15, 0.2) is 24.3 Å². The fraction of sp³-hybridized carbons (Fsp3) is 0.588. The van der Waals surface area contributed by atoms with Gasteiger partial charge in [-0.2, -0.15) is 0 Å². The van der Waals surface area contributed by atoms with E-state index in [4.69, 9.17) is 4.74 Å². The van der Waals surface area contributed by atoms with E-state index in [0.29, 0.717) is 11.4 Å². The lowest BCUT2D eigenvalue weighted by molar-refractivity contribution is -0.138. The van der Waals surface area contributed by atoms with E-state index in [9.17, 15) is 13.2 Å². The van der Waals surface area contributed by atoms with Crippen molar-refractivity contribution in [3.63, 3.8) is 0 Å². The van der Waals surface area contributed by atoms with Gasteiger partial charge < -0.3 is 9.64 Å². The Kier molecular flexibility index (Phi) is 4.99. The molecule has 1 amide bonds. The average molecular weight is 352 g/mol. The summed E-state index contributed by atoms with van der Waals surface area (Å²) in [6, 6.07) is 7.00. The predicted molar refractivity (Wildman–Crippen MR) is 92.7 cm³/mol. The summed E-state index contributed by atoms with van der Waals surface area (Å²) in [5, 5.41) is 0. The van der Waals surface area contributed by atoms with Crippen LogP contribution in [-0.4, -0.2) is 50.7 Å². The molecule has 2 heterocycles. The molecule has 1 aromatic carbocycles. The van der Waals surface area contributed by atoms with Crippen molar-refractivity contribution >= 4 is 21.6 Å². The Bertz CT molecular complexity index is 696. The lowest BCUT2D eigenvalue weighted by atomic mass is 10.2. The predicted octanol–water partition coefficient (Wildman–Crippen LogP) is 2.01. The smallest absolute Gasteiger partial charge is 0.265 e. The molecule has 7 heteroatoms. The summed E-state index contributed by atoms with van der Waals surface area (Å²) in [6.07, 6.45) is 3.47. The van der Waals surface area contributed by atoms with E-state index in [1.165, 1.54) is 4.31 Å². The number of fused-ring (bicyclic) bond motifs is 1. The molecule has 0 aromatic heterocycles. The fourth-order valence-corrected chi connectivity index (χ4v) is 4.37. The highest BCUT2D eigenvalue weighted by Gasteiger charge is 2.37. The van der Waals surface area contributed by atoms with E-state index in [-0.39, 0.29) is 18.2 Å². The molecule has 0 radical (unpaired) electrons. The van der Waals surface area contributed by atoms with Crippen LogP contribution in [0.2, 0.25) is 0 Å². The molecule has 1 atom stereocenters. The van der Waals surface area contributed by atoms with Gasteiger partial charge in [-0.15, -0.1) is 0 Å². The third-order valence-corrected chi connectivity index (χ3v) is 6.38. The SMILES string of the molecule is CCS(=O)(=O)N1C[C@H](C(=O)N2CCCCCC2)Oc2ccccc21. The van der Waals surface area contributed by atoms with Crippen LogP contribution >= 0.6 is 0 Å². The number of hydrogen-bond acceptors (Lipinski definition) is 4. The summed E-state index contributed by atoms with van der Waals surface area (Å²) in [5.41, 5.74) is 0.513. The summed E-state index contributed by atoms with van der Waals surface area (Å²) < 4.78 is 32.1. The van der Waals surface area contributed by atoms with Crippen LogP contribution in [0.3, 0.4) is 0 Å². The van der Waals surface area contributed by atoms with Gasteiger partial charge in [-0.05, 0) is 31.9 Å². The Morgan fingerprint density at radius 2 is 1.83 bits per heavy atom. The minimum Gasteiger partial charge on any atom is -0.476 e. The molecule has 0 aliphatic carbocycles. The van der Waals surface area contributed by atoms with E-state index in [1.807, 2.05) is 4.90 Å². The van der Waals surface area contributed by atoms with Gasteiger partial charge in [0.25, 0.3) is 5.91 Å². The van der Waals surface area contributed by atoms with Crippen molar-refractivity contribution in [1.29, 1.82) is 0 Å². The second-order valence-electron chi connectivity index (χ2n) is 6.25. The molecule has 0 bridgehead atoms. The van der Waals surface area contributed by atoms with Gasteiger partial charge in [0.2, 0.25) is 10.0 Å². The topological polar surface area (TPSA) is 66.9 Å². The molecular formula is C17H24N2O4S. The third-order valence-electron chi connectivity index (χ3n) is 4.63. The normalized spacial score (nSPS) is 21.6. The zero-order valence-corrected chi connectivity index (χ0v) is 14.8. The first-order valence-corrected chi connectivity index (χ1v) is 10.2. The van der Waals surface area contributed by atoms with E-state index >= 15 is 0 Å². The van der Waals surface area contributed by atoms with Crippen LogP contribution in [0.4, 0.5) is 5.69 Å². The highest BCUT2D eigenvalue weighted by Crippen LogP contribution is 2.35. The number of carbonyl (C=O) groups excluding carboxylic acids is 1. The average Bonchev–Trinajstić information content (AvgIpc) is 2.89. The van der Waals surface area contributed by atoms with E-state index in [2.05, 4.69) is 0 Å². The number of likely N-dealkylation sites (tertiary alicyclic amines) is 1. The number of ether oxygens (including phenoxy) is 1. The molecule has 24 heavy (non-hydrogen) atoms. The molecule has 0 unspecified atom stereocenters. The number of para-hydroxylation sites is 2. The molecule has 2 aliphatic rings. The number of nitrogens with zero attached hydrogens (tertiary/aromatic N) is 2. The van der Waals surface area contributed by atoms with E-state index in [1.54, 1.807) is 31.2 Å². The zero-order chi connectivity index (χ0) is 17.2. The summed E-state index contributed by atoms with van der Waals surface area (Å²) >= 11 is 0. The first-order chi connectivity index (χ1) is 11.5. The van der Waals surface area contributed by atoms with Crippen molar-refractivity contribution in [3.05, 3.63) is 24.3 Å². The van der Waals surface area contributed by atoms with Gasteiger partial charge in [0.15, 0.2) is 6.10 Å². The second-order valence-corrected chi connectivity index (χ2v) is 8.43. The number of benzene rings is 1. The van der Waals surface area contributed by atoms with Gasteiger partial charge in [-0.3, -0.25) is 9.10 Å². The standard InChI is InChI=1S/C17H24N2O4S/c1-2-24(21,22)19-13-16(23-15-10-6-5-9-14(15)19)17(20)18-11-7-3-4-8-12-18/h5-6,9-10,16H,2-4,7-8,11-13H2,1H3/t16-/m1/s1. The Hall–Kier alpha value is -1.76. The Balaban J connectivity index is 1.87. The lowest BCUT2D eigenvalue weighted by Gasteiger charge is -2.36. The molecular weight excluding hydrogens is 328 g/mol. The number of amides is 1. The largest absolute Gasteiger partial charge is 0.476 e. The number of carbonyl (C=O) groups is 1. The van der Waals surface area contributed by atoms with Crippen LogP contribution in [0, 0.1) is 0 Å². The number of hydrogen-bond donors (Lipinski definition) is 0. The number of anilines is 1. The highest BCUT2D eigenvalue weighted by molar-refractivity contribution is 7.92. The van der Waals surface area contributed by atoms with E-state index < -0.39 is 16.1 Å². The Labute approximate surface area is 143 Å². The van der Waals surface area contributed by atoms with Gasteiger partial charge in [-0.25, -0.2) is 8.42 Å². The maximum atomic E-state index is 12.9. The maximum Gasteiger partial charge on any atom is 0.265 e. The van der Waals surface area contributed by atoms with Crippen molar-refractivity contribution in [2.75, 3.05) is 29.7 Å². The molecule has 1 aromatic rings. The minimum atomic E-state index is -3.46. The van der Waals surface area contributed by atoms with Gasteiger partial charge in [0.1, 0.15) is 5.75 Å². The quantitative estimate of drug-likeness (QED) is 0.834. The van der Waals surface area contributed by atoms with Crippen molar-refractivity contribution in [1.82, 2.24) is 4.90 Å². The fourth-order valence-electron chi connectivity index (χ4n) is 3.24. The van der Waals surface area contributed by atoms with Gasteiger partial charge >= 0.3 is 0 Å². The van der Waals surface area contributed by atoms with Crippen LogP contribution in [0.25, 0.3) is 0 Å². The first-order valence-electron chi connectivity index (χ1n) is 8.58.